The van der Waals surface area contributed by atoms with Gasteiger partial charge in [-0.2, -0.15) is 0 Å². The van der Waals surface area contributed by atoms with Crippen LogP contribution in [0.25, 0.3) is 0 Å². The van der Waals surface area contributed by atoms with Gasteiger partial charge in [-0.05, 0) is 55.3 Å². The molecule has 1 heterocycles. The third-order valence-corrected chi connectivity index (χ3v) is 4.23. The first-order valence-corrected chi connectivity index (χ1v) is 8.33. The Morgan fingerprint density at radius 2 is 1.68 bits per heavy atom. The van der Waals surface area contributed by atoms with Crippen molar-refractivity contribution in [2.45, 2.75) is 26.7 Å². The van der Waals surface area contributed by atoms with Crippen molar-refractivity contribution in [2.75, 3.05) is 18.5 Å². The summed E-state index contributed by atoms with van der Waals surface area (Å²) in [6.07, 6.45) is 0.288. The number of rotatable bonds is 5. The highest BCUT2D eigenvalue weighted by Gasteiger charge is 2.16. The Bertz CT molecular complexity index is 813. The van der Waals surface area contributed by atoms with E-state index in [-0.39, 0.29) is 24.5 Å². The van der Waals surface area contributed by atoms with E-state index in [1.807, 2.05) is 32.0 Å². The predicted molar refractivity (Wildman–Crippen MR) is 95.5 cm³/mol. The van der Waals surface area contributed by atoms with Crippen molar-refractivity contribution in [2.24, 2.45) is 0 Å². The molecule has 0 unspecified atom stereocenters. The molecule has 0 radical (unpaired) electrons. The summed E-state index contributed by atoms with van der Waals surface area (Å²) in [5.74, 6) is 0.966. The smallest absolute Gasteiger partial charge is 0.224 e. The molecule has 5 heteroatoms. The van der Waals surface area contributed by atoms with Crippen LogP contribution in [0.15, 0.2) is 36.4 Å². The molecule has 3 rings (SSSR count). The summed E-state index contributed by atoms with van der Waals surface area (Å²) in [5, 5.41) is 2.83. The molecular formula is C20H21NO4. The number of carbonyl (C=O) groups is 2. The monoisotopic (exact) mass is 339 g/mol. The molecule has 0 fully saturated rings. The van der Waals surface area contributed by atoms with Gasteiger partial charge in [0.2, 0.25) is 5.91 Å². The number of ether oxygens (including phenoxy) is 2. The Kier molecular flexibility index (Phi) is 5.03. The molecule has 5 nitrogen and oxygen atoms in total. The Morgan fingerprint density at radius 3 is 2.44 bits per heavy atom. The van der Waals surface area contributed by atoms with Gasteiger partial charge in [0.05, 0.1) is 0 Å². The van der Waals surface area contributed by atoms with Gasteiger partial charge in [-0.15, -0.1) is 0 Å². The summed E-state index contributed by atoms with van der Waals surface area (Å²) in [6, 6.07) is 10.9. The lowest BCUT2D eigenvalue weighted by Gasteiger charge is -2.18. The second-order valence-corrected chi connectivity index (χ2v) is 6.13. The maximum absolute atomic E-state index is 12.3. The lowest BCUT2D eigenvalue weighted by atomic mass is 10.1. The van der Waals surface area contributed by atoms with Crippen LogP contribution in [0, 0.1) is 13.8 Å². The van der Waals surface area contributed by atoms with E-state index >= 15 is 0 Å². The number of amides is 1. The quantitative estimate of drug-likeness (QED) is 0.844. The number of Topliss-reactive ketones (excluding diaryl/α,β-unsaturated/α-hetero) is 1. The lowest BCUT2D eigenvalue weighted by Crippen LogP contribution is -2.16. The zero-order chi connectivity index (χ0) is 17.8. The summed E-state index contributed by atoms with van der Waals surface area (Å²) >= 11 is 0. The number of hydrogen-bond acceptors (Lipinski definition) is 4. The van der Waals surface area contributed by atoms with Crippen LogP contribution in [0.1, 0.15) is 34.3 Å². The number of anilines is 1. The highest BCUT2D eigenvalue weighted by Crippen LogP contribution is 2.31. The molecule has 1 aliphatic heterocycles. The number of ketones is 1. The van der Waals surface area contributed by atoms with Crippen LogP contribution in [0.4, 0.5) is 5.69 Å². The molecule has 0 atom stereocenters. The topological polar surface area (TPSA) is 64.6 Å². The van der Waals surface area contributed by atoms with E-state index in [0.29, 0.717) is 30.3 Å². The van der Waals surface area contributed by atoms with Gasteiger partial charge >= 0.3 is 0 Å². The Hall–Kier alpha value is -2.82. The van der Waals surface area contributed by atoms with Crippen molar-refractivity contribution in [1.82, 2.24) is 0 Å². The molecule has 0 saturated carbocycles. The van der Waals surface area contributed by atoms with Gasteiger partial charge < -0.3 is 14.8 Å². The third-order valence-electron chi connectivity index (χ3n) is 4.23. The summed E-state index contributed by atoms with van der Waals surface area (Å²) in [7, 11) is 0. The van der Waals surface area contributed by atoms with Crippen LogP contribution in [0.2, 0.25) is 0 Å². The van der Waals surface area contributed by atoms with Crippen molar-refractivity contribution >= 4 is 17.4 Å². The Balaban J connectivity index is 1.56. The molecule has 130 valence electrons. The van der Waals surface area contributed by atoms with Gasteiger partial charge in [-0.25, -0.2) is 0 Å². The van der Waals surface area contributed by atoms with E-state index in [0.717, 1.165) is 11.3 Å². The molecule has 0 spiro atoms. The number of hydrogen-bond donors (Lipinski definition) is 1. The lowest BCUT2D eigenvalue weighted by molar-refractivity contribution is -0.116. The van der Waals surface area contributed by atoms with Gasteiger partial charge in [0, 0.05) is 24.1 Å². The van der Waals surface area contributed by atoms with E-state index in [9.17, 15) is 9.59 Å². The van der Waals surface area contributed by atoms with E-state index in [2.05, 4.69) is 5.32 Å². The van der Waals surface area contributed by atoms with Crippen molar-refractivity contribution in [1.29, 1.82) is 0 Å². The van der Waals surface area contributed by atoms with Crippen LogP contribution < -0.4 is 14.8 Å². The van der Waals surface area contributed by atoms with Crippen LogP contribution in [-0.2, 0) is 4.79 Å². The second kappa shape index (κ2) is 7.38. The molecular weight excluding hydrogens is 318 g/mol. The normalized spacial score (nSPS) is 12.6. The minimum atomic E-state index is -0.172. The third kappa shape index (κ3) is 4.18. The fourth-order valence-electron chi connectivity index (χ4n) is 2.63. The first kappa shape index (κ1) is 17.0. The predicted octanol–water partition coefficient (Wildman–Crippen LogP) is 3.68. The molecule has 0 aliphatic carbocycles. The van der Waals surface area contributed by atoms with E-state index in [1.54, 1.807) is 18.2 Å². The summed E-state index contributed by atoms with van der Waals surface area (Å²) in [5.41, 5.74) is 3.57. The van der Waals surface area contributed by atoms with E-state index in [1.165, 1.54) is 5.56 Å². The molecule has 1 N–H and O–H groups in total. The second-order valence-electron chi connectivity index (χ2n) is 6.13. The SMILES string of the molecule is Cc1ccc(NC(=O)CCC(=O)c2ccc3c(c2)OCCO3)cc1C. The molecule has 2 aromatic rings. The Labute approximate surface area is 147 Å². The van der Waals surface area contributed by atoms with Gasteiger partial charge in [-0.1, -0.05) is 6.07 Å². The number of aryl methyl sites for hydroxylation is 2. The van der Waals surface area contributed by atoms with Crippen LogP contribution in [0.3, 0.4) is 0 Å². The van der Waals surface area contributed by atoms with Crippen molar-refractivity contribution in [3.63, 3.8) is 0 Å². The maximum Gasteiger partial charge on any atom is 0.224 e. The van der Waals surface area contributed by atoms with Crippen molar-refractivity contribution < 1.29 is 19.1 Å². The Morgan fingerprint density at radius 1 is 0.920 bits per heavy atom. The zero-order valence-electron chi connectivity index (χ0n) is 14.4. The summed E-state index contributed by atoms with van der Waals surface area (Å²) in [6.45, 7) is 5.01. The fraction of sp³-hybridized carbons (Fsp3) is 0.300. The van der Waals surface area contributed by atoms with Gasteiger partial charge in [0.25, 0.3) is 0 Å². The number of benzene rings is 2. The molecule has 25 heavy (non-hydrogen) atoms. The number of fused-ring (bicyclic) bond motifs is 1. The van der Waals surface area contributed by atoms with Crippen LogP contribution >= 0.6 is 0 Å². The van der Waals surface area contributed by atoms with Gasteiger partial charge in [-0.3, -0.25) is 9.59 Å². The summed E-state index contributed by atoms with van der Waals surface area (Å²) < 4.78 is 10.9. The minimum Gasteiger partial charge on any atom is -0.486 e. The molecule has 1 amide bonds. The highest BCUT2D eigenvalue weighted by atomic mass is 16.6. The van der Waals surface area contributed by atoms with E-state index in [4.69, 9.17) is 9.47 Å². The molecule has 2 aromatic carbocycles. The maximum atomic E-state index is 12.3. The summed E-state index contributed by atoms with van der Waals surface area (Å²) in [4.78, 5) is 24.4. The van der Waals surface area contributed by atoms with Gasteiger partial charge in [0.15, 0.2) is 17.3 Å². The van der Waals surface area contributed by atoms with Crippen molar-refractivity contribution in [3.05, 3.63) is 53.1 Å². The highest BCUT2D eigenvalue weighted by molar-refractivity contribution is 6.00. The van der Waals surface area contributed by atoms with Gasteiger partial charge in [0.1, 0.15) is 13.2 Å². The molecule has 0 aromatic heterocycles. The largest absolute Gasteiger partial charge is 0.486 e. The molecule has 0 bridgehead atoms. The van der Waals surface area contributed by atoms with E-state index < -0.39 is 0 Å². The number of carbonyl (C=O) groups excluding carboxylic acids is 2. The number of nitrogens with one attached hydrogen (secondary N) is 1. The van der Waals surface area contributed by atoms with Crippen LogP contribution in [-0.4, -0.2) is 24.9 Å². The van der Waals surface area contributed by atoms with Crippen molar-refractivity contribution in [3.8, 4) is 11.5 Å². The average molecular weight is 339 g/mol. The standard InChI is InChI=1S/C20H21NO4/c1-13-3-5-16(11-14(13)2)21-20(23)8-6-17(22)15-4-7-18-19(12-15)25-10-9-24-18/h3-5,7,11-12H,6,8-10H2,1-2H3,(H,21,23). The van der Waals surface area contributed by atoms with Crippen LogP contribution in [0.5, 0.6) is 11.5 Å². The fourth-order valence-corrected chi connectivity index (χ4v) is 2.63. The first-order valence-electron chi connectivity index (χ1n) is 8.33. The molecule has 1 aliphatic rings. The zero-order valence-corrected chi connectivity index (χ0v) is 14.4. The minimum absolute atomic E-state index is 0.0905. The molecule has 0 saturated heterocycles. The first-order chi connectivity index (χ1) is 12.0. The average Bonchev–Trinajstić information content (AvgIpc) is 2.62.